The van der Waals surface area contributed by atoms with Crippen molar-refractivity contribution >= 4 is 5.91 Å². The Labute approximate surface area is 104 Å². The van der Waals surface area contributed by atoms with Gasteiger partial charge in [-0.1, -0.05) is 13.3 Å². The van der Waals surface area contributed by atoms with Crippen LogP contribution in [0.15, 0.2) is 18.3 Å². The largest absolute Gasteiger partial charge is 0.336 e. The van der Waals surface area contributed by atoms with Crippen molar-refractivity contribution in [2.75, 3.05) is 6.54 Å². The fourth-order valence-corrected chi connectivity index (χ4v) is 1.68. The van der Waals surface area contributed by atoms with E-state index in [-0.39, 0.29) is 11.9 Å². The fourth-order valence-electron chi connectivity index (χ4n) is 1.68. The molecule has 3 nitrogen and oxygen atoms in total. The Hall–Kier alpha value is -1.38. The highest BCUT2D eigenvalue weighted by Gasteiger charge is 2.18. The molecule has 1 rings (SSSR count). The van der Waals surface area contributed by atoms with Crippen molar-refractivity contribution in [3.8, 4) is 0 Å². The lowest BCUT2D eigenvalue weighted by Gasteiger charge is -2.26. The molecule has 3 heteroatoms. The summed E-state index contributed by atoms with van der Waals surface area (Å²) in [6, 6.07) is 3.97. The Morgan fingerprint density at radius 3 is 2.59 bits per heavy atom. The number of amides is 1. The lowest BCUT2D eigenvalue weighted by molar-refractivity contribution is 0.0702. The van der Waals surface area contributed by atoms with Crippen LogP contribution in [0.25, 0.3) is 0 Å². The van der Waals surface area contributed by atoms with Gasteiger partial charge in [0.05, 0.1) is 5.56 Å². The van der Waals surface area contributed by atoms with Crippen LogP contribution in [-0.2, 0) is 0 Å². The van der Waals surface area contributed by atoms with E-state index in [4.69, 9.17) is 0 Å². The molecule has 1 amide bonds. The Balaban J connectivity index is 2.80. The minimum atomic E-state index is 0.0842. The van der Waals surface area contributed by atoms with Gasteiger partial charge in [-0.25, -0.2) is 0 Å². The van der Waals surface area contributed by atoms with Gasteiger partial charge in [0.15, 0.2) is 0 Å². The summed E-state index contributed by atoms with van der Waals surface area (Å²) in [5, 5.41) is 0. The van der Waals surface area contributed by atoms with Crippen LogP contribution < -0.4 is 0 Å². The molecule has 1 heterocycles. The fraction of sp³-hybridized carbons (Fsp3) is 0.571. The minimum Gasteiger partial charge on any atom is -0.336 e. The first-order valence-electron chi connectivity index (χ1n) is 6.30. The third-order valence-electron chi connectivity index (χ3n) is 2.80. The van der Waals surface area contributed by atoms with Crippen LogP contribution in [0.1, 0.15) is 49.7 Å². The van der Waals surface area contributed by atoms with E-state index in [1.165, 1.54) is 0 Å². The van der Waals surface area contributed by atoms with E-state index >= 15 is 0 Å². The molecule has 0 bridgehead atoms. The Bertz CT molecular complexity index is 357. The zero-order valence-electron chi connectivity index (χ0n) is 11.2. The van der Waals surface area contributed by atoms with Gasteiger partial charge in [0.2, 0.25) is 0 Å². The van der Waals surface area contributed by atoms with Gasteiger partial charge >= 0.3 is 0 Å². The average molecular weight is 234 g/mol. The number of pyridine rings is 1. The van der Waals surface area contributed by atoms with Crippen molar-refractivity contribution in [1.82, 2.24) is 9.88 Å². The van der Waals surface area contributed by atoms with Gasteiger partial charge in [-0.3, -0.25) is 9.78 Å². The second kappa shape index (κ2) is 6.38. The van der Waals surface area contributed by atoms with Crippen molar-refractivity contribution in [2.45, 2.75) is 46.6 Å². The Morgan fingerprint density at radius 2 is 2.12 bits per heavy atom. The molecule has 0 N–H and O–H groups in total. The molecule has 0 saturated carbocycles. The zero-order valence-corrected chi connectivity index (χ0v) is 11.2. The van der Waals surface area contributed by atoms with Gasteiger partial charge in [0.25, 0.3) is 5.91 Å². The van der Waals surface area contributed by atoms with Crippen LogP contribution in [0.2, 0.25) is 0 Å². The molecule has 1 aromatic rings. The van der Waals surface area contributed by atoms with E-state index in [9.17, 15) is 4.79 Å². The van der Waals surface area contributed by atoms with Gasteiger partial charge in [-0.2, -0.15) is 0 Å². The number of carbonyl (C=O) groups is 1. The van der Waals surface area contributed by atoms with E-state index in [1.54, 1.807) is 6.20 Å². The third-order valence-corrected chi connectivity index (χ3v) is 2.80. The number of hydrogen-bond donors (Lipinski definition) is 0. The summed E-state index contributed by atoms with van der Waals surface area (Å²) >= 11 is 0. The second-order valence-corrected chi connectivity index (χ2v) is 4.63. The Kier molecular flexibility index (Phi) is 5.13. The minimum absolute atomic E-state index is 0.0842. The van der Waals surface area contributed by atoms with Crippen molar-refractivity contribution in [3.63, 3.8) is 0 Å². The first-order valence-corrected chi connectivity index (χ1v) is 6.30. The van der Waals surface area contributed by atoms with Crippen molar-refractivity contribution in [3.05, 3.63) is 29.6 Å². The number of nitrogens with zero attached hydrogens (tertiary/aromatic N) is 2. The first-order chi connectivity index (χ1) is 8.06. The van der Waals surface area contributed by atoms with Crippen LogP contribution in [0.3, 0.4) is 0 Å². The molecule has 17 heavy (non-hydrogen) atoms. The summed E-state index contributed by atoms with van der Waals surface area (Å²) in [4.78, 5) is 18.4. The number of aromatic nitrogens is 1. The van der Waals surface area contributed by atoms with Crippen molar-refractivity contribution < 1.29 is 4.79 Å². The van der Waals surface area contributed by atoms with Gasteiger partial charge in [0.1, 0.15) is 0 Å². The predicted octanol–water partition coefficient (Wildman–Crippen LogP) is 3.04. The lowest BCUT2D eigenvalue weighted by atomic mass is 10.2. The number of rotatable bonds is 5. The highest BCUT2D eigenvalue weighted by Crippen LogP contribution is 2.09. The monoisotopic (exact) mass is 234 g/mol. The molecule has 1 aromatic heterocycles. The van der Waals surface area contributed by atoms with Crippen LogP contribution in [0.4, 0.5) is 0 Å². The number of aryl methyl sites for hydroxylation is 1. The number of hydrogen-bond acceptors (Lipinski definition) is 2. The number of carbonyl (C=O) groups excluding carboxylic acids is 1. The quantitative estimate of drug-likeness (QED) is 0.784. The Morgan fingerprint density at radius 1 is 1.41 bits per heavy atom. The highest BCUT2D eigenvalue weighted by molar-refractivity contribution is 5.94. The topological polar surface area (TPSA) is 33.2 Å². The summed E-state index contributed by atoms with van der Waals surface area (Å²) < 4.78 is 0. The van der Waals surface area contributed by atoms with Gasteiger partial charge in [0, 0.05) is 24.5 Å². The first kappa shape index (κ1) is 13.7. The number of unbranched alkanes of at least 4 members (excludes halogenated alkanes) is 1. The van der Waals surface area contributed by atoms with E-state index in [0.29, 0.717) is 5.56 Å². The summed E-state index contributed by atoms with van der Waals surface area (Å²) in [5.41, 5.74) is 1.62. The molecule has 0 spiro atoms. The maximum Gasteiger partial charge on any atom is 0.255 e. The van der Waals surface area contributed by atoms with Crippen molar-refractivity contribution in [2.24, 2.45) is 0 Å². The van der Waals surface area contributed by atoms with Crippen LogP contribution in [0, 0.1) is 6.92 Å². The average Bonchev–Trinajstić information content (AvgIpc) is 2.29. The SMILES string of the molecule is CCCCN(C(=O)c1ccc(C)nc1)C(C)C. The molecule has 94 valence electrons. The zero-order chi connectivity index (χ0) is 12.8. The molecule has 0 atom stereocenters. The third kappa shape index (κ3) is 3.84. The molecular weight excluding hydrogens is 212 g/mol. The smallest absolute Gasteiger partial charge is 0.255 e. The molecule has 0 unspecified atom stereocenters. The van der Waals surface area contributed by atoms with E-state index in [0.717, 1.165) is 25.1 Å². The van der Waals surface area contributed by atoms with Crippen LogP contribution >= 0.6 is 0 Å². The predicted molar refractivity (Wildman–Crippen MR) is 70.1 cm³/mol. The molecule has 0 saturated heterocycles. The molecule has 0 aliphatic carbocycles. The standard InChI is InChI=1S/C14H22N2O/c1-5-6-9-16(11(2)3)14(17)13-8-7-12(4)15-10-13/h7-8,10-11H,5-6,9H2,1-4H3. The second-order valence-electron chi connectivity index (χ2n) is 4.63. The molecule has 0 radical (unpaired) electrons. The molecule has 0 aromatic carbocycles. The van der Waals surface area contributed by atoms with Crippen molar-refractivity contribution in [1.29, 1.82) is 0 Å². The summed E-state index contributed by atoms with van der Waals surface area (Å²) in [6.45, 7) is 8.98. The highest BCUT2D eigenvalue weighted by atomic mass is 16.2. The van der Waals surface area contributed by atoms with Gasteiger partial charge in [-0.05, 0) is 39.3 Å². The summed E-state index contributed by atoms with van der Waals surface area (Å²) in [6.07, 6.45) is 3.81. The molecule has 0 fully saturated rings. The maximum atomic E-state index is 12.3. The van der Waals surface area contributed by atoms with Crippen LogP contribution in [0.5, 0.6) is 0 Å². The molecule has 0 aliphatic heterocycles. The van der Waals surface area contributed by atoms with E-state index < -0.39 is 0 Å². The normalized spacial score (nSPS) is 10.6. The lowest BCUT2D eigenvalue weighted by Crippen LogP contribution is -2.37. The van der Waals surface area contributed by atoms with E-state index in [2.05, 4.69) is 25.8 Å². The summed E-state index contributed by atoms with van der Waals surface area (Å²) in [7, 11) is 0. The molecule has 0 aliphatic rings. The summed E-state index contributed by atoms with van der Waals surface area (Å²) in [5.74, 6) is 0.0842. The maximum absolute atomic E-state index is 12.3. The van der Waals surface area contributed by atoms with E-state index in [1.807, 2.05) is 24.0 Å². The van der Waals surface area contributed by atoms with Gasteiger partial charge < -0.3 is 4.90 Å². The van der Waals surface area contributed by atoms with Crippen LogP contribution in [-0.4, -0.2) is 28.4 Å². The van der Waals surface area contributed by atoms with Gasteiger partial charge in [-0.15, -0.1) is 0 Å². The molecular formula is C14H22N2O.